The number of carbonyl (C=O) groups excluding carboxylic acids is 1. The van der Waals surface area contributed by atoms with Gasteiger partial charge in [-0.2, -0.15) is 0 Å². The Kier molecular flexibility index (Phi) is 4.16. The summed E-state index contributed by atoms with van der Waals surface area (Å²) >= 11 is 0. The van der Waals surface area contributed by atoms with Crippen molar-refractivity contribution in [2.24, 2.45) is 11.7 Å². The lowest BCUT2D eigenvalue weighted by molar-refractivity contribution is -0.120. The third-order valence-electron chi connectivity index (χ3n) is 2.97. The van der Waals surface area contributed by atoms with E-state index < -0.39 is 0 Å². The standard InChI is InChI=1S/C14H20N4O/c1-9(2)7-12(16-13(19)8-15)14-17-10-5-3-4-6-11(10)18-14/h3-6,9,12H,7-8,15H2,1-2H3,(H,16,19)(H,17,18). The molecule has 0 radical (unpaired) electrons. The Morgan fingerprint density at radius 2 is 2.16 bits per heavy atom. The maximum Gasteiger partial charge on any atom is 0.234 e. The first kappa shape index (κ1) is 13.5. The highest BCUT2D eigenvalue weighted by Crippen LogP contribution is 2.21. The summed E-state index contributed by atoms with van der Waals surface area (Å²) in [5.74, 6) is 1.08. The van der Waals surface area contributed by atoms with E-state index in [1.54, 1.807) is 0 Å². The average molecular weight is 260 g/mol. The Labute approximate surface area is 112 Å². The zero-order chi connectivity index (χ0) is 13.8. The minimum atomic E-state index is -0.161. The third kappa shape index (κ3) is 3.32. The van der Waals surface area contributed by atoms with Crippen molar-refractivity contribution in [1.82, 2.24) is 15.3 Å². The monoisotopic (exact) mass is 260 g/mol. The van der Waals surface area contributed by atoms with Gasteiger partial charge in [0.1, 0.15) is 5.82 Å². The molecule has 0 aliphatic rings. The first-order chi connectivity index (χ1) is 9.10. The molecule has 1 aromatic carbocycles. The van der Waals surface area contributed by atoms with Crippen molar-refractivity contribution in [3.8, 4) is 0 Å². The van der Waals surface area contributed by atoms with Crippen molar-refractivity contribution in [3.05, 3.63) is 30.1 Å². The van der Waals surface area contributed by atoms with Gasteiger partial charge in [0, 0.05) is 0 Å². The highest BCUT2D eigenvalue weighted by molar-refractivity contribution is 5.78. The van der Waals surface area contributed by atoms with Crippen molar-refractivity contribution in [2.75, 3.05) is 6.54 Å². The predicted molar refractivity (Wildman–Crippen MR) is 75.5 cm³/mol. The lowest BCUT2D eigenvalue weighted by Crippen LogP contribution is -2.34. The van der Waals surface area contributed by atoms with Gasteiger partial charge in [-0.3, -0.25) is 4.79 Å². The lowest BCUT2D eigenvalue weighted by Gasteiger charge is -2.18. The summed E-state index contributed by atoms with van der Waals surface area (Å²) in [5.41, 5.74) is 7.25. The van der Waals surface area contributed by atoms with E-state index in [0.29, 0.717) is 5.92 Å². The van der Waals surface area contributed by atoms with Gasteiger partial charge < -0.3 is 16.0 Å². The maximum absolute atomic E-state index is 11.5. The maximum atomic E-state index is 11.5. The molecule has 4 N–H and O–H groups in total. The van der Waals surface area contributed by atoms with Crippen LogP contribution in [0.1, 0.15) is 32.1 Å². The van der Waals surface area contributed by atoms with Gasteiger partial charge in [-0.05, 0) is 24.5 Å². The summed E-state index contributed by atoms with van der Waals surface area (Å²) in [7, 11) is 0. The Hall–Kier alpha value is -1.88. The van der Waals surface area contributed by atoms with E-state index in [-0.39, 0.29) is 18.5 Å². The van der Waals surface area contributed by atoms with E-state index in [1.807, 2.05) is 24.3 Å². The number of amides is 1. The molecule has 1 unspecified atom stereocenters. The van der Waals surface area contributed by atoms with Gasteiger partial charge in [0.2, 0.25) is 5.91 Å². The molecule has 2 aromatic rings. The van der Waals surface area contributed by atoms with Crippen LogP contribution in [-0.2, 0) is 4.79 Å². The van der Waals surface area contributed by atoms with Crippen LogP contribution in [0.15, 0.2) is 24.3 Å². The van der Waals surface area contributed by atoms with Gasteiger partial charge in [0.25, 0.3) is 0 Å². The van der Waals surface area contributed by atoms with Crippen molar-refractivity contribution in [1.29, 1.82) is 0 Å². The molecule has 2 rings (SSSR count). The zero-order valence-corrected chi connectivity index (χ0v) is 11.3. The zero-order valence-electron chi connectivity index (χ0n) is 11.3. The number of imidazole rings is 1. The van der Waals surface area contributed by atoms with E-state index in [2.05, 4.69) is 29.1 Å². The van der Waals surface area contributed by atoms with Crippen LogP contribution < -0.4 is 11.1 Å². The molecular formula is C14H20N4O. The third-order valence-corrected chi connectivity index (χ3v) is 2.97. The quantitative estimate of drug-likeness (QED) is 0.765. The molecule has 0 saturated carbocycles. The van der Waals surface area contributed by atoms with Gasteiger partial charge in [-0.15, -0.1) is 0 Å². The van der Waals surface area contributed by atoms with Crippen molar-refractivity contribution < 1.29 is 4.79 Å². The number of hydrogen-bond donors (Lipinski definition) is 3. The Morgan fingerprint density at radius 3 is 2.79 bits per heavy atom. The second-order valence-electron chi connectivity index (χ2n) is 5.09. The number of fused-ring (bicyclic) bond motifs is 1. The van der Waals surface area contributed by atoms with Gasteiger partial charge >= 0.3 is 0 Å². The predicted octanol–water partition coefficient (Wildman–Crippen LogP) is 1.72. The molecule has 1 aromatic heterocycles. The number of nitrogens with zero attached hydrogens (tertiary/aromatic N) is 1. The van der Waals surface area contributed by atoms with Crippen LogP contribution >= 0.6 is 0 Å². The van der Waals surface area contributed by atoms with Gasteiger partial charge in [-0.1, -0.05) is 26.0 Å². The van der Waals surface area contributed by atoms with E-state index in [0.717, 1.165) is 23.3 Å². The highest BCUT2D eigenvalue weighted by atomic mass is 16.1. The van der Waals surface area contributed by atoms with Gasteiger partial charge in [0.15, 0.2) is 0 Å². The number of carbonyl (C=O) groups is 1. The summed E-state index contributed by atoms with van der Waals surface area (Å²) < 4.78 is 0. The number of hydrogen-bond acceptors (Lipinski definition) is 3. The number of nitrogens with one attached hydrogen (secondary N) is 2. The normalized spacial score (nSPS) is 12.8. The van der Waals surface area contributed by atoms with Gasteiger partial charge in [-0.25, -0.2) is 4.98 Å². The Morgan fingerprint density at radius 1 is 1.42 bits per heavy atom. The number of benzene rings is 1. The summed E-state index contributed by atoms with van der Waals surface area (Å²) in [5, 5.41) is 2.92. The lowest BCUT2D eigenvalue weighted by atomic mass is 10.0. The van der Waals surface area contributed by atoms with Crippen LogP contribution in [0, 0.1) is 5.92 Å². The summed E-state index contributed by atoms with van der Waals surface area (Å²) in [6.45, 7) is 4.23. The molecule has 19 heavy (non-hydrogen) atoms. The summed E-state index contributed by atoms with van der Waals surface area (Å²) in [4.78, 5) is 19.3. The fraction of sp³-hybridized carbons (Fsp3) is 0.429. The molecule has 5 nitrogen and oxygen atoms in total. The Bertz CT molecular complexity index is 528. The fourth-order valence-electron chi connectivity index (χ4n) is 2.10. The first-order valence-electron chi connectivity index (χ1n) is 6.54. The first-order valence-corrected chi connectivity index (χ1v) is 6.54. The van der Waals surface area contributed by atoms with Crippen molar-refractivity contribution in [3.63, 3.8) is 0 Å². The average Bonchev–Trinajstić information content (AvgIpc) is 2.80. The largest absolute Gasteiger partial charge is 0.345 e. The number of para-hydroxylation sites is 2. The van der Waals surface area contributed by atoms with E-state index in [1.165, 1.54) is 0 Å². The minimum Gasteiger partial charge on any atom is -0.345 e. The van der Waals surface area contributed by atoms with Crippen LogP contribution in [0.3, 0.4) is 0 Å². The molecule has 0 saturated heterocycles. The molecule has 102 valence electrons. The molecule has 0 spiro atoms. The smallest absolute Gasteiger partial charge is 0.234 e. The number of aromatic nitrogens is 2. The van der Waals surface area contributed by atoms with Crippen LogP contribution in [0.25, 0.3) is 11.0 Å². The van der Waals surface area contributed by atoms with E-state index >= 15 is 0 Å². The fourth-order valence-corrected chi connectivity index (χ4v) is 2.10. The van der Waals surface area contributed by atoms with Crippen LogP contribution in [-0.4, -0.2) is 22.4 Å². The minimum absolute atomic E-state index is 0.00514. The second kappa shape index (κ2) is 5.84. The van der Waals surface area contributed by atoms with Crippen LogP contribution in [0.5, 0.6) is 0 Å². The van der Waals surface area contributed by atoms with Crippen molar-refractivity contribution in [2.45, 2.75) is 26.3 Å². The Balaban J connectivity index is 2.27. The molecule has 1 amide bonds. The van der Waals surface area contributed by atoms with E-state index in [4.69, 9.17) is 5.73 Å². The van der Waals surface area contributed by atoms with Crippen LogP contribution in [0.2, 0.25) is 0 Å². The van der Waals surface area contributed by atoms with Gasteiger partial charge in [0.05, 0.1) is 23.6 Å². The summed E-state index contributed by atoms with van der Waals surface area (Å²) in [6, 6.07) is 7.71. The second-order valence-corrected chi connectivity index (χ2v) is 5.09. The highest BCUT2D eigenvalue weighted by Gasteiger charge is 2.18. The SMILES string of the molecule is CC(C)CC(NC(=O)CN)c1nc2ccccc2[nH]1. The number of aromatic amines is 1. The van der Waals surface area contributed by atoms with Crippen LogP contribution in [0.4, 0.5) is 0 Å². The summed E-state index contributed by atoms with van der Waals surface area (Å²) in [6.07, 6.45) is 0.825. The van der Waals surface area contributed by atoms with Crippen molar-refractivity contribution >= 4 is 16.9 Å². The molecule has 0 aliphatic heterocycles. The molecule has 1 atom stereocenters. The van der Waals surface area contributed by atoms with E-state index in [9.17, 15) is 4.79 Å². The molecule has 0 aliphatic carbocycles. The molecule has 0 bridgehead atoms. The molecule has 1 heterocycles. The topological polar surface area (TPSA) is 83.8 Å². The molecular weight excluding hydrogens is 240 g/mol. The molecule has 5 heteroatoms. The molecule has 0 fully saturated rings. The number of H-pyrrole nitrogens is 1. The number of rotatable bonds is 5. The number of nitrogens with two attached hydrogens (primary N) is 1.